The SMILES string of the molecule is CCCCC(C(Cl)(Cl)C#N)C(Cl)(Cl)C1(CCCC)N=N1. The zero-order valence-electron chi connectivity index (χ0n) is 11.7. The number of hydrogen-bond donors (Lipinski definition) is 0. The Morgan fingerprint density at radius 2 is 1.65 bits per heavy atom. The Kier molecular flexibility index (Phi) is 6.41. The normalized spacial score (nSPS) is 18.6. The van der Waals surface area contributed by atoms with E-state index in [9.17, 15) is 5.26 Å². The van der Waals surface area contributed by atoms with E-state index in [0.717, 1.165) is 25.7 Å². The van der Waals surface area contributed by atoms with Crippen molar-refractivity contribution in [2.24, 2.45) is 16.1 Å². The number of alkyl halides is 4. The van der Waals surface area contributed by atoms with Crippen LogP contribution in [0.1, 0.15) is 52.4 Å². The average Bonchev–Trinajstić information content (AvgIpc) is 3.18. The summed E-state index contributed by atoms with van der Waals surface area (Å²) in [6, 6.07) is 1.89. The van der Waals surface area contributed by atoms with Gasteiger partial charge in [0, 0.05) is 5.92 Å². The molecule has 0 spiro atoms. The number of unbranched alkanes of at least 4 members (excludes halogenated alkanes) is 2. The molecule has 0 amide bonds. The summed E-state index contributed by atoms with van der Waals surface area (Å²) in [6.07, 6.45) is 4.86. The number of nitrogens with zero attached hydrogens (tertiary/aromatic N) is 3. The summed E-state index contributed by atoms with van der Waals surface area (Å²) in [7, 11) is 0. The topological polar surface area (TPSA) is 48.5 Å². The molecule has 0 fully saturated rings. The van der Waals surface area contributed by atoms with E-state index in [4.69, 9.17) is 46.4 Å². The minimum absolute atomic E-state index is 0.559. The van der Waals surface area contributed by atoms with Gasteiger partial charge in [-0.05, 0) is 19.3 Å². The van der Waals surface area contributed by atoms with E-state index in [1.807, 2.05) is 13.0 Å². The second-order valence-corrected chi connectivity index (χ2v) is 7.94. The Bertz CT molecular complexity index is 395. The zero-order valence-corrected chi connectivity index (χ0v) is 14.7. The molecular formula is C13H19Cl4N3. The number of nitriles is 1. The first-order valence-corrected chi connectivity index (χ1v) is 8.39. The van der Waals surface area contributed by atoms with Gasteiger partial charge < -0.3 is 0 Å². The van der Waals surface area contributed by atoms with E-state index >= 15 is 0 Å². The Labute approximate surface area is 140 Å². The molecule has 0 aromatic carbocycles. The number of rotatable bonds is 9. The maximum Gasteiger partial charge on any atom is 0.223 e. The Morgan fingerprint density at radius 1 is 1.10 bits per heavy atom. The maximum atomic E-state index is 9.20. The quantitative estimate of drug-likeness (QED) is 0.465. The highest BCUT2D eigenvalue weighted by atomic mass is 35.5. The standard InChI is InChI=1S/C13H19Cl4N3/c1-3-5-7-10(11(14,15)9-18)13(16,17)12(19-20-12)8-6-4-2/h10H,3-8H2,1-2H3. The molecule has 1 aliphatic rings. The lowest BCUT2D eigenvalue weighted by atomic mass is 9.86. The van der Waals surface area contributed by atoms with Gasteiger partial charge in [-0.25, -0.2) is 0 Å². The summed E-state index contributed by atoms with van der Waals surface area (Å²) >= 11 is 25.4. The molecule has 20 heavy (non-hydrogen) atoms. The predicted octanol–water partition coefficient (Wildman–Crippen LogP) is 6.02. The van der Waals surface area contributed by atoms with Crippen molar-refractivity contribution in [3.05, 3.63) is 0 Å². The molecule has 0 saturated heterocycles. The van der Waals surface area contributed by atoms with Crippen molar-refractivity contribution < 1.29 is 0 Å². The summed E-state index contributed by atoms with van der Waals surface area (Å²) in [4.78, 5) is 0. The summed E-state index contributed by atoms with van der Waals surface area (Å²) in [5, 5.41) is 17.3. The molecule has 1 atom stereocenters. The van der Waals surface area contributed by atoms with Crippen LogP contribution in [0.4, 0.5) is 0 Å². The molecular weight excluding hydrogens is 340 g/mol. The minimum atomic E-state index is -1.65. The summed E-state index contributed by atoms with van der Waals surface area (Å²) in [5.74, 6) is -0.613. The van der Waals surface area contributed by atoms with Gasteiger partial charge in [0.1, 0.15) is 6.07 Å². The zero-order chi connectivity index (χ0) is 15.4. The molecule has 1 heterocycles. The second kappa shape index (κ2) is 7.01. The van der Waals surface area contributed by atoms with Crippen molar-refractivity contribution in [2.75, 3.05) is 0 Å². The van der Waals surface area contributed by atoms with E-state index in [1.54, 1.807) is 0 Å². The third-order valence-electron chi connectivity index (χ3n) is 3.62. The fourth-order valence-electron chi connectivity index (χ4n) is 2.24. The molecule has 0 saturated carbocycles. The Hall–Kier alpha value is 0.250. The van der Waals surface area contributed by atoms with Gasteiger partial charge in [-0.1, -0.05) is 79.5 Å². The highest BCUT2D eigenvalue weighted by molar-refractivity contribution is 6.54. The van der Waals surface area contributed by atoms with Crippen LogP contribution in [-0.2, 0) is 0 Å². The van der Waals surface area contributed by atoms with E-state index < -0.39 is 20.2 Å². The van der Waals surface area contributed by atoms with Crippen LogP contribution < -0.4 is 0 Å². The smallest absolute Gasteiger partial charge is 0.195 e. The first kappa shape index (κ1) is 18.3. The maximum absolute atomic E-state index is 9.20. The lowest BCUT2D eigenvalue weighted by Gasteiger charge is -2.37. The first-order chi connectivity index (χ1) is 9.27. The van der Waals surface area contributed by atoms with E-state index in [-0.39, 0.29) is 0 Å². The molecule has 0 aliphatic carbocycles. The third-order valence-corrected chi connectivity index (χ3v) is 5.45. The lowest BCUT2D eigenvalue weighted by Crippen LogP contribution is -2.48. The fraction of sp³-hybridized carbons (Fsp3) is 0.923. The van der Waals surface area contributed by atoms with Crippen LogP contribution in [0.15, 0.2) is 10.2 Å². The Balaban J connectivity index is 2.96. The van der Waals surface area contributed by atoms with Crippen LogP contribution in [0, 0.1) is 17.2 Å². The second-order valence-electron chi connectivity index (χ2n) is 5.17. The molecule has 3 nitrogen and oxygen atoms in total. The first-order valence-electron chi connectivity index (χ1n) is 6.88. The van der Waals surface area contributed by atoms with Crippen molar-refractivity contribution in [2.45, 2.75) is 66.7 Å². The monoisotopic (exact) mass is 357 g/mol. The van der Waals surface area contributed by atoms with Crippen LogP contribution in [0.3, 0.4) is 0 Å². The van der Waals surface area contributed by atoms with Gasteiger partial charge in [0.25, 0.3) is 0 Å². The van der Waals surface area contributed by atoms with Gasteiger partial charge in [-0.15, -0.1) is 0 Å². The van der Waals surface area contributed by atoms with Crippen LogP contribution in [0.2, 0.25) is 0 Å². The Morgan fingerprint density at radius 3 is 2.05 bits per heavy atom. The minimum Gasteiger partial charge on any atom is -0.195 e. The van der Waals surface area contributed by atoms with Crippen molar-refractivity contribution >= 4 is 46.4 Å². The van der Waals surface area contributed by atoms with Gasteiger partial charge in [-0.3, -0.25) is 0 Å². The molecule has 0 aromatic heterocycles. The van der Waals surface area contributed by atoms with E-state index in [1.165, 1.54) is 0 Å². The fourth-order valence-corrected chi connectivity index (χ4v) is 3.89. The van der Waals surface area contributed by atoms with Gasteiger partial charge in [0.05, 0.1) is 0 Å². The van der Waals surface area contributed by atoms with Gasteiger partial charge in [0.2, 0.25) is 10.00 Å². The predicted molar refractivity (Wildman–Crippen MR) is 84.6 cm³/mol. The van der Waals surface area contributed by atoms with Gasteiger partial charge in [-0.2, -0.15) is 15.5 Å². The highest BCUT2D eigenvalue weighted by Gasteiger charge is 2.65. The van der Waals surface area contributed by atoms with E-state index in [0.29, 0.717) is 12.8 Å². The molecule has 0 aromatic rings. The molecule has 7 heteroatoms. The summed E-state index contributed by atoms with van der Waals surface area (Å²) < 4.78 is -3.01. The molecule has 1 aliphatic heterocycles. The van der Waals surface area contributed by atoms with E-state index in [2.05, 4.69) is 17.2 Å². The largest absolute Gasteiger partial charge is 0.223 e. The summed E-state index contributed by atoms with van der Waals surface area (Å²) in [5.41, 5.74) is -0.865. The highest BCUT2D eigenvalue weighted by Crippen LogP contribution is 2.58. The summed E-state index contributed by atoms with van der Waals surface area (Å²) in [6.45, 7) is 4.11. The molecule has 1 unspecified atom stereocenters. The van der Waals surface area contributed by atoms with Crippen molar-refractivity contribution in [1.82, 2.24) is 0 Å². The van der Waals surface area contributed by atoms with Crippen LogP contribution in [-0.4, -0.2) is 14.3 Å². The lowest BCUT2D eigenvalue weighted by molar-refractivity contribution is 0.320. The third kappa shape index (κ3) is 3.71. The van der Waals surface area contributed by atoms with Crippen molar-refractivity contribution in [1.29, 1.82) is 5.26 Å². The van der Waals surface area contributed by atoms with Crippen LogP contribution in [0.5, 0.6) is 0 Å². The van der Waals surface area contributed by atoms with Gasteiger partial charge >= 0.3 is 0 Å². The molecule has 0 radical (unpaired) electrons. The molecule has 114 valence electrons. The molecule has 1 rings (SSSR count). The molecule has 0 bridgehead atoms. The number of hydrogen-bond acceptors (Lipinski definition) is 3. The van der Waals surface area contributed by atoms with Crippen molar-refractivity contribution in [3.8, 4) is 6.07 Å². The molecule has 0 N–H and O–H groups in total. The number of halogens is 4. The van der Waals surface area contributed by atoms with Crippen LogP contribution in [0.25, 0.3) is 0 Å². The van der Waals surface area contributed by atoms with Crippen LogP contribution >= 0.6 is 46.4 Å². The van der Waals surface area contributed by atoms with Crippen molar-refractivity contribution in [3.63, 3.8) is 0 Å². The average molecular weight is 359 g/mol. The van der Waals surface area contributed by atoms with Gasteiger partial charge in [0.15, 0.2) is 4.33 Å².